The van der Waals surface area contributed by atoms with E-state index in [2.05, 4.69) is 20.8 Å². The SMILES string of the molecule is CCC(C)(C)c1cc(/C=C/C(=O)c2ccc(OCOC(=O)C(C)(C)C)cc2)c(OC)cc1OCOC(=O)C(C)(C)C.COc1cc(OCOC(=O)C(C)(C)C)c(C(C)(C)C)cc1/C=C/C(=O)c1ccc(OCOC(=O)C(C)(C)C)cc1. The maximum atomic E-state index is 12.9. The molecule has 442 valence electrons. The second-order valence-corrected chi connectivity index (χ2v) is 24.9. The van der Waals surface area contributed by atoms with Crippen molar-refractivity contribution in [1.29, 1.82) is 0 Å². The van der Waals surface area contributed by atoms with Crippen LogP contribution in [-0.2, 0) is 49.0 Å². The number of rotatable bonds is 22. The molecule has 81 heavy (non-hydrogen) atoms. The summed E-state index contributed by atoms with van der Waals surface area (Å²) in [4.78, 5) is 73.8. The lowest BCUT2D eigenvalue weighted by atomic mass is 9.80. The summed E-state index contributed by atoms with van der Waals surface area (Å²) >= 11 is 0. The lowest BCUT2D eigenvalue weighted by Gasteiger charge is -2.27. The maximum absolute atomic E-state index is 12.9. The van der Waals surface area contributed by atoms with Crippen LogP contribution in [0.15, 0.2) is 84.9 Å². The molecule has 0 fully saturated rings. The Labute approximate surface area is 479 Å². The Morgan fingerprint density at radius 3 is 0.975 bits per heavy atom. The van der Waals surface area contributed by atoms with Crippen molar-refractivity contribution in [3.8, 4) is 34.5 Å². The molecular weight excluding hydrogens is 1040 g/mol. The van der Waals surface area contributed by atoms with Crippen LogP contribution in [0.4, 0.5) is 0 Å². The second-order valence-electron chi connectivity index (χ2n) is 24.9. The monoisotopic (exact) mass is 1120 g/mol. The average Bonchev–Trinajstić information content (AvgIpc) is 3.38. The van der Waals surface area contributed by atoms with Crippen molar-refractivity contribution >= 4 is 47.6 Å². The van der Waals surface area contributed by atoms with E-state index in [4.69, 9.17) is 47.4 Å². The van der Waals surface area contributed by atoms with E-state index < -0.39 is 21.7 Å². The van der Waals surface area contributed by atoms with Crippen molar-refractivity contribution in [3.63, 3.8) is 0 Å². The van der Waals surface area contributed by atoms with Crippen molar-refractivity contribution in [2.75, 3.05) is 41.4 Å². The first-order valence-electron chi connectivity index (χ1n) is 26.7. The average molecular weight is 1120 g/mol. The first kappa shape index (κ1) is 67.7. The largest absolute Gasteiger partial charge is 0.496 e. The van der Waals surface area contributed by atoms with Gasteiger partial charge in [-0.3, -0.25) is 28.8 Å². The van der Waals surface area contributed by atoms with Gasteiger partial charge in [-0.25, -0.2) is 0 Å². The molecule has 16 heteroatoms. The van der Waals surface area contributed by atoms with E-state index in [1.807, 2.05) is 32.9 Å². The van der Waals surface area contributed by atoms with Crippen LogP contribution in [-0.4, -0.2) is 76.8 Å². The highest BCUT2D eigenvalue weighted by atomic mass is 16.7. The molecule has 0 amide bonds. The quantitative estimate of drug-likeness (QED) is 0.0237. The van der Waals surface area contributed by atoms with Gasteiger partial charge in [0, 0.05) is 45.5 Å². The summed E-state index contributed by atoms with van der Waals surface area (Å²) in [6.45, 7) is 32.7. The van der Waals surface area contributed by atoms with Crippen molar-refractivity contribution in [3.05, 3.63) is 118 Å². The van der Waals surface area contributed by atoms with Gasteiger partial charge >= 0.3 is 23.9 Å². The van der Waals surface area contributed by atoms with Gasteiger partial charge in [-0.2, -0.15) is 0 Å². The summed E-state index contributed by atoms with van der Waals surface area (Å²) in [5, 5.41) is 0. The van der Waals surface area contributed by atoms with Crippen LogP contribution in [0, 0.1) is 21.7 Å². The highest BCUT2D eigenvalue weighted by Gasteiger charge is 2.29. The van der Waals surface area contributed by atoms with Gasteiger partial charge < -0.3 is 47.4 Å². The lowest BCUT2D eigenvalue weighted by Crippen LogP contribution is -2.25. The summed E-state index contributed by atoms with van der Waals surface area (Å²) in [6, 6.07) is 20.5. The number of benzene rings is 4. The zero-order valence-electron chi connectivity index (χ0n) is 51.3. The van der Waals surface area contributed by atoms with Gasteiger partial charge in [0.1, 0.15) is 34.5 Å². The summed E-state index contributed by atoms with van der Waals surface area (Å²) < 4.78 is 54.6. The van der Waals surface area contributed by atoms with E-state index in [9.17, 15) is 28.8 Å². The van der Waals surface area contributed by atoms with Crippen LogP contribution in [0.5, 0.6) is 34.5 Å². The molecule has 0 N–H and O–H groups in total. The number of ketones is 2. The lowest BCUT2D eigenvalue weighted by molar-refractivity contribution is -0.160. The van der Waals surface area contributed by atoms with Crippen molar-refractivity contribution in [2.45, 2.75) is 142 Å². The van der Waals surface area contributed by atoms with E-state index in [-0.39, 0.29) is 73.4 Å². The maximum Gasteiger partial charge on any atom is 0.314 e. The second kappa shape index (κ2) is 28.7. The minimum absolute atomic E-state index is 0.205. The molecule has 0 aliphatic rings. The Bertz CT molecular complexity index is 2850. The van der Waals surface area contributed by atoms with Gasteiger partial charge in [0.2, 0.25) is 27.2 Å². The third-order valence-corrected chi connectivity index (χ3v) is 12.3. The number of carbonyl (C=O) groups excluding carboxylic acids is 6. The first-order valence-corrected chi connectivity index (χ1v) is 26.7. The summed E-state index contributed by atoms with van der Waals surface area (Å²) in [6.07, 6.45) is 7.17. The fourth-order valence-electron chi connectivity index (χ4n) is 6.73. The molecular formula is C65H86O16. The molecule has 0 saturated heterocycles. The van der Waals surface area contributed by atoms with E-state index in [0.717, 1.165) is 17.5 Å². The minimum atomic E-state index is -0.637. The molecule has 4 aromatic carbocycles. The Hall–Kier alpha value is -7.62. The number of carbonyl (C=O) groups is 6. The predicted octanol–water partition coefficient (Wildman–Crippen LogP) is 13.9. The van der Waals surface area contributed by atoms with Crippen LogP contribution in [0.2, 0.25) is 0 Å². The molecule has 0 atom stereocenters. The fraction of sp³-hybridized carbons (Fsp3) is 0.477. The van der Waals surface area contributed by atoms with Gasteiger partial charge in [0.25, 0.3) is 0 Å². The van der Waals surface area contributed by atoms with Crippen molar-refractivity contribution in [1.82, 2.24) is 0 Å². The first-order chi connectivity index (χ1) is 37.4. The smallest absolute Gasteiger partial charge is 0.314 e. The molecule has 0 heterocycles. The minimum Gasteiger partial charge on any atom is -0.496 e. The van der Waals surface area contributed by atoms with E-state index in [1.54, 1.807) is 163 Å². The number of ether oxygens (including phenoxy) is 10. The zero-order valence-corrected chi connectivity index (χ0v) is 51.3. The van der Waals surface area contributed by atoms with E-state index in [0.29, 0.717) is 56.8 Å². The topological polar surface area (TPSA) is 195 Å². The Kier molecular flexibility index (Phi) is 24.0. The number of hydrogen-bond donors (Lipinski definition) is 0. The summed E-state index contributed by atoms with van der Waals surface area (Å²) in [5.74, 6) is 1.17. The standard InChI is InChI=1S/C33H44O8.C32H42O8/c1-11-33(8,9)25-18-23(27(37-10)19-28(25)39-21-41-30(36)32(5,6)7)14-17-26(34)22-12-15-24(16-13-22)38-20-40-29(35)31(2,3)4;1-30(2,3)24-17-22(26(36-10)18-27(24)38-20-40-29(35)32(7,8)9)13-16-25(33)21-11-14-23(15-12-21)37-19-39-28(34)31(4,5)6/h12-19H,11,20-21H2,1-10H3;11-18H,19-20H2,1-10H3/b17-14+;16-13+. The van der Waals surface area contributed by atoms with E-state index >= 15 is 0 Å². The summed E-state index contributed by atoms with van der Waals surface area (Å²) in [7, 11) is 3.08. The molecule has 0 radical (unpaired) electrons. The van der Waals surface area contributed by atoms with Crippen LogP contribution < -0.4 is 28.4 Å². The third-order valence-electron chi connectivity index (χ3n) is 12.3. The normalized spacial score (nSPS) is 12.1. The molecule has 0 spiro atoms. The Morgan fingerprint density at radius 1 is 0.395 bits per heavy atom. The highest BCUT2D eigenvalue weighted by molar-refractivity contribution is 6.07. The summed E-state index contributed by atoms with van der Waals surface area (Å²) in [5.41, 5.74) is 1.02. The molecule has 0 bridgehead atoms. The molecule has 0 aliphatic carbocycles. The third kappa shape index (κ3) is 21.4. The molecule has 16 nitrogen and oxygen atoms in total. The van der Waals surface area contributed by atoms with Crippen LogP contribution in [0.1, 0.15) is 174 Å². The molecule has 4 aromatic rings. The van der Waals surface area contributed by atoms with Gasteiger partial charge in [0.05, 0.1) is 35.9 Å². The number of allylic oxidation sites excluding steroid dienone is 2. The fourth-order valence-corrected chi connectivity index (χ4v) is 6.73. The van der Waals surface area contributed by atoms with Gasteiger partial charge in [-0.05, 0) is 185 Å². The van der Waals surface area contributed by atoms with Crippen molar-refractivity contribution in [2.24, 2.45) is 21.7 Å². The van der Waals surface area contributed by atoms with Crippen molar-refractivity contribution < 1.29 is 76.1 Å². The van der Waals surface area contributed by atoms with Crippen LogP contribution in [0.3, 0.4) is 0 Å². The molecule has 4 rings (SSSR count). The molecule has 0 unspecified atom stereocenters. The van der Waals surface area contributed by atoms with Crippen LogP contribution in [0.25, 0.3) is 12.2 Å². The van der Waals surface area contributed by atoms with Gasteiger partial charge in [0.15, 0.2) is 11.6 Å². The number of esters is 4. The van der Waals surface area contributed by atoms with Crippen LogP contribution >= 0.6 is 0 Å². The molecule has 0 aromatic heterocycles. The van der Waals surface area contributed by atoms with E-state index in [1.165, 1.54) is 19.3 Å². The predicted molar refractivity (Wildman–Crippen MR) is 312 cm³/mol. The Balaban J connectivity index is 0.000000425. The molecule has 0 aliphatic heterocycles. The number of methoxy groups -OCH3 is 2. The number of hydrogen-bond acceptors (Lipinski definition) is 16. The molecule has 0 saturated carbocycles. The van der Waals surface area contributed by atoms with Gasteiger partial charge in [-0.15, -0.1) is 0 Å². The zero-order chi connectivity index (χ0) is 61.3. The highest BCUT2D eigenvalue weighted by Crippen LogP contribution is 2.40. The Morgan fingerprint density at radius 2 is 0.691 bits per heavy atom. The van der Waals surface area contributed by atoms with Gasteiger partial charge in [-0.1, -0.05) is 41.5 Å².